The van der Waals surface area contributed by atoms with Gasteiger partial charge < -0.3 is 15.1 Å². The smallest absolute Gasteiger partial charge is 0.322 e. The van der Waals surface area contributed by atoms with E-state index in [0.29, 0.717) is 12.3 Å². The van der Waals surface area contributed by atoms with Gasteiger partial charge in [0.25, 0.3) is 5.91 Å². The first-order valence-electron chi connectivity index (χ1n) is 8.70. The quantitative estimate of drug-likeness (QED) is 0.553. The molecule has 1 aliphatic heterocycles. The van der Waals surface area contributed by atoms with Gasteiger partial charge in [-0.1, -0.05) is 23.9 Å². The van der Waals surface area contributed by atoms with Crippen LogP contribution in [-0.2, 0) is 11.3 Å². The van der Waals surface area contributed by atoms with Gasteiger partial charge in [0.15, 0.2) is 6.04 Å². The second-order valence-corrected chi connectivity index (χ2v) is 7.45. The van der Waals surface area contributed by atoms with Crippen LogP contribution in [0.1, 0.15) is 23.1 Å². The summed E-state index contributed by atoms with van der Waals surface area (Å²) in [6.45, 7) is 2.67. The van der Waals surface area contributed by atoms with Crippen molar-refractivity contribution in [1.29, 1.82) is 0 Å². The molecule has 1 atom stereocenters. The summed E-state index contributed by atoms with van der Waals surface area (Å²) in [6, 6.07) is 12.6. The summed E-state index contributed by atoms with van der Waals surface area (Å²) in [5.41, 5.74) is 3.15. The van der Waals surface area contributed by atoms with E-state index in [4.69, 9.17) is 4.42 Å². The molecule has 0 bridgehead atoms. The van der Waals surface area contributed by atoms with Crippen molar-refractivity contribution in [2.24, 2.45) is 0 Å². The molecule has 0 saturated carbocycles. The monoisotopic (exact) mass is 394 g/mol. The zero-order valence-corrected chi connectivity index (χ0v) is 15.9. The van der Waals surface area contributed by atoms with Crippen LogP contribution < -0.4 is 16.0 Å². The Morgan fingerprint density at radius 3 is 2.71 bits per heavy atom. The number of aromatic nitrogens is 1. The van der Waals surface area contributed by atoms with E-state index < -0.39 is 18.0 Å². The van der Waals surface area contributed by atoms with Crippen molar-refractivity contribution in [2.45, 2.75) is 29.3 Å². The maximum absolute atomic E-state index is 11.9. The highest BCUT2D eigenvalue weighted by atomic mass is 32.2. The lowest BCUT2D eigenvalue weighted by Gasteiger charge is -2.09. The molecule has 8 heteroatoms. The average Bonchev–Trinajstić information content (AvgIpc) is 3.26. The van der Waals surface area contributed by atoms with Gasteiger partial charge in [0.2, 0.25) is 0 Å². The van der Waals surface area contributed by atoms with Crippen LogP contribution in [0.3, 0.4) is 0 Å². The molecular weight excluding hydrogens is 376 g/mol. The zero-order chi connectivity index (χ0) is 19.5. The van der Waals surface area contributed by atoms with Crippen LogP contribution in [0.4, 0.5) is 10.5 Å². The fourth-order valence-electron chi connectivity index (χ4n) is 2.87. The third-order valence-corrected chi connectivity index (χ3v) is 5.30. The highest BCUT2D eigenvalue weighted by molar-refractivity contribution is 7.99. The van der Waals surface area contributed by atoms with Gasteiger partial charge in [-0.25, -0.2) is 4.79 Å². The molecule has 1 aliphatic rings. The van der Waals surface area contributed by atoms with E-state index in [1.165, 1.54) is 18.0 Å². The number of nitrogens with zero attached hydrogens (tertiary/aromatic N) is 1. The van der Waals surface area contributed by atoms with Gasteiger partial charge in [-0.2, -0.15) is 0 Å². The summed E-state index contributed by atoms with van der Waals surface area (Å²) in [5, 5.41) is 8.15. The van der Waals surface area contributed by atoms with Crippen molar-refractivity contribution in [3.05, 3.63) is 71.9 Å². The van der Waals surface area contributed by atoms with Crippen LogP contribution >= 0.6 is 11.8 Å². The lowest BCUT2D eigenvalue weighted by molar-refractivity contribution is -0.120. The van der Waals surface area contributed by atoms with E-state index >= 15 is 0 Å². The van der Waals surface area contributed by atoms with Gasteiger partial charge >= 0.3 is 6.03 Å². The highest BCUT2D eigenvalue weighted by Crippen LogP contribution is 2.35. The standard InChI is InChI=1S/C20H18N4O3S/c1-12-10-14(6-8-21-12)22-11-13-2-4-15(5-3-13)28-16-7-9-27-18(16)17-19(25)24-20(26)23-17/h2-10,17H,11H2,1H3,(H,21,22)(H2,23,24,25,26). The number of imide groups is 1. The Labute approximate surface area is 165 Å². The number of carbonyl (C=O) groups excluding carboxylic acids is 2. The Bertz CT molecular complexity index is 1020. The van der Waals surface area contributed by atoms with Crippen molar-refractivity contribution in [3.8, 4) is 0 Å². The molecule has 1 fully saturated rings. The van der Waals surface area contributed by atoms with Crippen molar-refractivity contribution in [2.75, 3.05) is 5.32 Å². The summed E-state index contributed by atoms with van der Waals surface area (Å²) in [7, 11) is 0. The van der Waals surface area contributed by atoms with E-state index in [1.807, 2.05) is 43.3 Å². The lowest BCUT2D eigenvalue weighted by atomic mass is 10.2. The Kier molecular flexibility index (Phi) is 5.03. The molecular formula is C20H18N4O3S. The number of rotatable bonds is 6. The van der Waals surface area contributed by atoms with Crippen LogP contribution in [0.2, 0.25) is 0 Å². The van der Waals surface area contributed by atoms with Gasteiger partial charge in [-0.3, -0.25) is 15.1 Å². The number of carbonyl (C=O) groups is 2. The minimum atomic E-state index is -0.794. The molecule has 2 aromatic heterocycles. The summed E-state index contributed by atoms with van der Waals surface area (Å²) < 4.78 is 5.45. The van der Waals surface area contributed by atoms with Gasteiger partial charge in [0.05, 0.1) is 11.2 Å². The Morgan fingerprint density at radius 2 is 2.00 bits per heavy atom. The minimum Gasteiger partial charge on any atom is -0.465 e. The fraction of sp³-hybridized carbons (Fsp3) is 0.150. The number of amides is 3. The molecule has 7 nitrogen and oxygen atoms in total. The van der Waals surface area contributed by atoms with Crippen LogP contribution in [0.25, 0.3) is 0 Å². The van der Waals surface area contributed by atoms with Crippen molar-refractivity contribution in [1.82, 2.24) is 15.6 Å². The normalized spacial score (nSPS) is 16.0. The number of furan rings is 1. The highest BCUT2D eigenvalue weighted by Gasteiger charge is 2.35. The summed E-state index contributed by atoms with van der Waals surface area (Å²) in [6.07, 6.45) is 3.30. The number of nitrogens with one attached hydrogen (secondary N) is 3. The van der Waals surface area contributed by atoms with Crippen LogP contribution in [0.5, 0.6) is 0 Å². The predicted octanol–water partition coefficient (Wildman–Crippen LogP) is 3.63. The van der Waals surface area contributed by atoms with Crippen LogP contribution in [0, 0.1) is 6.92 Å². The topological polar surface area (TPSA) is 96.3 Å². The molecule has 0 radical (unpaired) electrons. The number of hydrogen-bond donors (Lipinski definition) is 3. The van der Waals surface area contributed by atoms with Gasteiger partial charge in [0.1, 0.15) is 5.76 Å². The molecule has 0 spiro atoms. The van der Waals surface area contributed by atoms with E-state index in [-0.39, 0.29) is 0 Å². The maximum Gasteiger partial charge on any atom is 0.322 e. The first-order valence-corrected chi connectivity index (χ1v) is 9.52. The molecule has 3 heterocycles. The molecule has 0 aliphatic carbocycles. The number of hydrogen-bond acceptors (Lipinski definition) is 6. The average molecular weight is 394 g/mol. The molecule has 1 saturated heterocycles. The molecule has 3 aromatic rings. The van der Waals surface area contributed by atoms with Crippen molar-refractivity contribution in [3.63, 3.8) is 0 Å². The molecule has 1 aromatic carbocycles. The molecule has 1 unspecified atom stereocenters. The Hall–Kier alpha value is -3.26. The van der Waals surface area contributed by atoms with Crippen molar-refractivity contribution >= 4 is 29.4 Å². The Morgan fingerprint density at radius 1 is 1.18 bits per heavy atom. The number of aryl methyl sites for hydroxylation is 1. The number of pyridine rings is 1. The van der Waals surface area contributed by atoms with Crippen molar-refractivity contribution < 1.29 is 14.0 Å². The zero-order valence-electron chi connectivity index (χ0n) is 15.1. The maximum atomic E-state index is 11.9. The van der Waals surface area contributed by atoms with Gasteiger partial charge in [-0.15, -0.1) is 0 Å². The van der Waals surface area contributed by atoms with Gasteiger partial charge in [0, 0.05) is 29.0 Å². The SMILES string of the molecule is Cc1cc(NCc2ccc(Sc3ccoc3C3NC(=O)NC3=O)cc2)ccn1. The van der Waals surface area contributed by atoms with Gasteiger partial charge in [-0.05, 0) is 42.8 Å². The molecule has 3 amide bonds. The number of benzene rings is 1. The van der Waals surface area contributed by atoms with E-state index in [9.17, 15) is 9.59 Å². The molecule has 28 heavy (non-hydrogen) atoms. The third-order valence-electron chi connectivity index (χ3n) is 4.24. The number of urea groups is 1. The molecule has 142 valence electrons. The van der Waals surface area contributed by atoms with E-state index in [0.717, 1.165) is 26.7 Å². The lowest BCUT2D eigenvalue weighted by Crippen LogP contribution is -2.22. The van der Waals surface area contributed by atoms with E-state index in [1.54, 1.807) is 12.3 Å². The molecule has 3 N–H and O–H groups in total. The first-order chi connectivity index (χ1) is 13.6. The summed E-state index contributed by atoms with van der Waals surface area (Å²) >= 11 is 1.48. The fourth-order valence-corrected chi connectivity index (χ4v) is 3.78. The second-order valence-electron chi connectivity index (χ2n) is 6.33. The first kappa shape index (κ1) is 18.1. The molecule has 4 rings (SSSR count). The summed E-state index contributed by atoms with van der Waals surface area (Å²) in [4.78, 5) is 29.2. The minimum absolute atomic E-state index is 0.408. The predicted molar refractivity (Wildman–Crippen MR) is 105 cm³/mol. The Balaban J connectivity index is 1.41. The number of anilines is 1. The summed E-state index contributed by atoms with van der Waals surface area (Å²) in [5.74, 6) is 0.0294. The second kappa shape index (κ2) is 7.77. The van der Waals surface area contributed by atoms with Crippen LogP contribution in [-0.4, -0.2) is 16.9 Å². The van der Waals surface area contributed by atoms with Crippen LogP contribution in [0.15, 0.2) is 69.1 Å². The van der Waals surface area contributed by atoms with E-state index in [2.05, 4.69) is 20.9 Å². The third kappa shape index (κ3) is 4.01. The largest absolute Gasteiger partial charge is 0.465 e.